The molecule has 0 aliphatic heterocycles. The molecule has 12 heteroatoms. The standard InChI is InChI=1S/C19H22N4O7S/c1-21(2)19(25)13-5-7-14(8-6-13)22(31(4,28)29)12-18(24)20-16-11-15(23(26)27)9-10-17(16)30-3/h5-11H,12H2,1-4H3,(H,20,24). The SMILES string of the molecule is COc1ccc([N+](=O)[O-])cc1NC(=O)CN(c1ccc(C(=O)N(C)C)cc1)S(C)(=O)=O. The Hall–Kier alpha value is -3.67. The van der Waals surface area contributed by atoms with Crippen LogP contribution in [0.15, 0.2) is 42.5 Å². The van der Waals surface area contributed by atoms with Crippen molar-refractivity contribution in [1.29, 1.82) is 0 Å². The van der Waals surface area contributed by atoms with Gasteiger partial charge in [-0.15, -0.1) is 0 Å². The van der Waals surface area contributed by atoms with E-state index in [0.717, 1.165) is 16.6 Å². The molecule has 31 heavy (non-hydrogen) atoms. The summed E-state index contributed by atoms with van der Waals surface area (Å²) in [6.45, 7) is -0.592. The number of anilines is 2. The van der Waals surface area contributed by atoms with Crippen molar-refractivity contribution in [1.82, 2.24) is 4.90 Å². The molecule has 0 aromatic heterocycles. The van der Waals surface area contributed by atoms with E-state index in [-0.39, 0.29) is 28.7 Å². The highest BCUT2D eigenvalue weighted by molar-refractivity contribution is 7.92. The first-order valence-corrected chi connectivity index (χ1v) is 10.7. The maximum Gasteiger partial charge on any atom is 0.271 e. The summed E-state index contributed by atoms with van der Waals surface area (Å²) >= 11 is 0. The third-order valence-electron chi connectivity index (χ3n) is 4.16. The van der Waals surface area contributed by atoms with Gasteiger partial charge in [-0.1, -0.05) is 0 Å². The maximum atomic E-state index is 12.6. The predicted octanol–water partition coefficient (Wildman–Crippen LogP) is 1.71. The fourth-order valence-electron chi connectivity index (χ4n) is 2.66. The minimum absolute atomic E-state index is 0.0297. The van der Waals surface area contributed by atoms with Crippen LogP contribution in [0.2, 0.25) is 0 Å². The van der Waals surface area contributed by atoms with Crippen LogP contribution in [-0.2, 0) is 14.8 Å². The van der Waals surface area contributed by atoms with E-state index in [2.05, 4.69) is 5.32 Å². The first-order chi connectivity index (χ1) is 14.4. The molecule has 0 bridgehead atoms. The number of hydrogen-bond acceptors (Lipinski definition) is 7. The Morgan fingerprint density at radius 1 is 1.13 bits per heavy atom. The lowest BCUT2D eigenvalue weighted by Gasteiger charge is -2.22. The van der Waals surface area contributed by atoms with Gasteiger partial charge < -0.3 is 15.0 Å². The number of sulfonamides is 1. The minimum Gasteiger partial charge on any atom is -0.495 e. The molecule has 0 radical (unpaired) electrons. The van der Waals surface area contributed by atoms with Crippen molar-refractivity contribution < 1.29 is 27.7 Å². The van der Waals surface area contributed by atoms with E-state index >= 15 is 0 Å². The quantitative estimate of drug-likeness (QED) is 0.477. The van der Waals surface area contributed by atoms with Gasteiger partial charge in [-0.2, -0.15) is 0 Å². The van der Waals surface area contributed by atoms with Crippen molar-refractivity contribution in [2.24, 2.45) is 0 Å². The van der Waals surface area contributed by atoms with Gasteiger partial charge in [0.1, 0.15) is 12.3 Å². The summed E-state index contributed by atoms with van der Waals surface area (Å²) in [6.07, 6.45) is 0.938. The Kier molecular flexibility index (Phi) is 7.18. The number of methoxy groups -OCH3 is 1. The molecule has 0 fully saturated rings. The van der Waals surface area contributed by atoms with Gasteiger partial charge in [-0.25, -0.2) is 8.42 Å². The first-order valence-electron chi connectivity index (χ1n) is 8.85. The van der Waals surface area contributed by atoms with Gasteiger partial charge in [0.05, 0.1) is 29.7 Å². The van der Waals surface area contributed by atoms with Crippen LogP contribution in [0.25, 0.3) is 0 Å². The molecule has 0 aliphatic rings. The molecule has 2 aromatic carbocycles. The molecule has 0 saturated carbocycles. The number of nitro groups is 1. The number of non-ortho nitro benzene ring substituents is 1. The highest BCUT2D eigenvalue weighted by Crippen LogP contribution is 2.29. The fraction of sp³-hybridized carbons (Fsp3) is 0.263. The van der Waals surface area contributed by atoms with E-state index < -0.39 is 27.4 Å². The van der Waals surface area contributed by atoms with Crippen molar-refractivity contribution in [3.05, 3.63) is 58.1 Å². The van der Waals surface area contributed by atoms with E-state index in [9.17, 15) is 28.1 Å². The normalized spacial score (nSPS) is 10.8. The Bertz CT molecular complexity index is 1100. The molecule has 2 rings (SSSR count). The molecular formula is C19H22N4O7S. The zero-order valence-electron chi connectivity index (χ0n) is 17.4. The first kappa shape index (κ1) is 23.6. The second-order valence-electron chi connectivity index (χ2n) is 6.71. The Labute approximate surface area is 179 Å². The summed E-state index contributed by atoms with van der Waals surface area (Å²) in [5.41, 5.74) is 0.297. The van der Waals surface area contributed by atoms with Crippen LogP contribution in [0.3, 0.4) is 0 Å². The monoisotopic (exact) mass is 450 g/mol. The van der Waals surface area contributed by atoms with Gasteiger partial charge in [0, 0.05) is 31.8 Å². The van der Waals surface area contributed by atoms with Gasteiger partial charge in [-0.05, 0) is 30.3 Å². The minimum atomic E-state index is -3.85. The van der Waals surface area contributed by atoms with Crippen LogP contribution in [0.1, 0.15) is 10.4 Å². The Morgan fingerprint density at radius 3 is 2.23 bits per heavy atom. The zero-order chi connectivity index (χ0) is 23.3. The van der Waals surface area contributed by atoms with Crippen LogP contribution in [0, 0.1) is 10.1 Å². The average molecular weight is 450 g/mol. The van der Waals surface area contributed by atoms with Crippen LogP contribution in [0.5, 0.6) is 5.75 Å². The number of ether oxygens (including phenoxy) is 1. The number of amides is 2. The molecule has 166 valence electrons. The molecule has 0 atom stereocenters. The number of hydrogen-bond donors (Lipinski definition) is 1. The zero-order valence-corrected chi connectivity index (χ0v) is 18.2. The molecule has 0 heterocycles. The second-order valence-corrected chi connectivity index (χ2v) is 8.61. The summed E-state index contributed by atoms with van der Waals surface area (Å²) in [4.78, 5) is 36.3. The van der Waals surface area contributed by atoms with E-state index in [0.29, 0.717) is 5.56 Å². The van der Waals surface area contributed by atoms with Gasteiger partial charge >= 0.3 is 0 Å². The molecular weight excluding hydrogens is 428 g/mol. The number of rotatable bonds is 8. The van der Waals surface area contributed by atoms with Crippen molar-refractivity contribution in [3.63, 3.8) is 0 Å². The lowest BCUT2D eigenvalue weighted by atomic mass is 10.2. The Morgan fingerprint density at radius 2 is 1.74 bits per heavy atom. The third-order valence-corrected chi connectivity index (χ3v) is 5.30. The highest BCUT2D eigenvalue weighted by Gasteiger charge is 2.23. The predicted molar refractivity (Wildman–Crippen MR) is 115 cm³/mol. The van der Waals surface area contributed by atoms with Crippen molar-refractivity contribution in [2.75, 3.05) is 43.6 Å². The van der Waals surface area contributed by atoms with Crippen LogP contribution < -0.4 is 14.4 Å². The number of nitrogens with zero attached hydrogens (tertiary/aromatic N) is 3. The van der Waals surface area contributed by atoms with Crippen LogP contribution in [0.4, 0.5) is 17.1 Å². The van der Waals surface area contributed by atoms with E-state index in [1.165, 1.54) is 48.4 Å². The smallest absolute Gasteiger partial charge is 0.271 e. The van der Waals surface area contributed by atoms with Gasteiger partial charge in [0.15, 0.2) is 0 Å². The van der Waals surface area contributed by atoms with Crippen LogP contribution >= 0.6 is 0 Å². The van der Waals surface area contributed by atoms with Gasteiger partial charge in [0.2, 0.25) is 15.9 Å². The van der Waals surface area contributed by atoms with Crippen molar-refractivity contribution >= 4 is 38.9 Å². The fourth-order valence-corrected chi connectivity index (χ4v) is 3.51. The summed E-state index contributed by atoms with van der Waals surface area (Å²) in [7, 11) is 0.653. The molecule has 0 spiro atoms. The van der Waals surface area contributed by atoms with Crippen molar-refractivity contribution in [3.8, 4) is 5.75 Å². The topological polar surface area (TPSA) is 139 Å². The molecule has 11 nitrogen and oxygen atoms in total. The number of benzene rings is 2. The number of carbonyl (C=O) groups is 2. The largest absolute Gasteiger partial charge is 0.495 e. The molecule has 0 unspecified atom stereocenters. The van der Waals surface area contributed by atoms with Gasteiger partial charge in [-0.3, -0.25) is 24.0 Å². The summed E-state index contributed by atoms with van der Waals surface area (Å²) in [5, 5.41) is 13.4. The lowest BCUT2D eigenvalue weighted by molar-refractivity contribution is -0.384. The molecule has 1 N–H and O–H groups in total. The lowest BCUT2D eigenvalue weighted by Crippen LogP contribution is -2.37. The number of carbonyl (C=O) groups excluding carboxylic acids is 2. The second kappa shape index (κ2) is 9.43. The maximum absolute atomic E-state index is 12.6. The average Bonchev–Trinajstić information content (AvgIpc) is 2.70. The number of nitro benzene ring substituents is 1. The summed E-state index contributed by atoms with van der Waals surface area (Å²) in [6, 6.07) is 9.40. The van der Waals surface area contributed by atoms with E-state index in [1.54, 1.807) is 14.1 Å². The molecule has 2 aromatic rings. The Balaban J connectivity index is 2.28. The van der Waals surface area contributed by atoms with Crippen molar-refractivity contribution in [2.45, 2.75) is 0 Å². The molecule has 2 amide bonds. The summed E-state index contributed by atoms with van der Waals surface area (Å²) in [5.74, 6) is -0.818. The third kappa shape index (κ3) is 5.92. The van der Waals surface area contributed by atoms with E-state index in [1.807, 2.05) is 0 Å². The van der Waals surface area contributed by atoms with Crippen LogP contribution in [-0.4, -0.2) is 64.1 Å². The molecule has 0 saturated heterocycles. The van der Waals surface area contributed by atoms with E-state index in [4.69, 9.17) is 4.74 Å². The summed E-state index contributed by atoms with van der Waals surface area (Å²) < 4.78 is 30.5. The van der Waals surface area contributed by atoms with Gasteiger partial charge in [0.25, 0.3) is 11.6 Å². The highest BCUT2D eigenvalue weighted by atomic mass is 32.2. The number of nitrogens with one attached hydrogen (secondary N) is 1. The molecule has 0 aliphatic carbocycles.